The van der Waals surface area contributed by atoms with Crippen molar-refractivity contribution in [3.8, 4) is 0 Å². The summed E-state index contributed by atoms with van der Waals surface area (Å²) >= 11 is 16.9. The van der Waals surface area contributed by atoms with E-state index in [4.69, 9.17) is 34.8 Å². The molecule has 0 saturated carbocycles. The van der Waals surface area contributed by atoms with Crippen molar-refractivity contribution < 1.29 is 43.0 Å². The molecule has 3 aromatic heterocycles. The molecular weight excluding hydrogens is 587 g/mol. The fourth-order valence-corrected chi connectivity index (χ4v) is 3.82. The lowest BCUT2D eigenvalue weighted by atomic mass is 10.1. The second-order valence-electron chi connectivity index (χ2n) is 7.15. The van der Waals surface area contributed by atoms with Gasteiger partial charge < -0.3 is 14.2 Å². The van der Waals surface area contributed by atoms with Crippen LogP contribution in [0.5, 0.6) is 0 Å². The standard InChI is InChI=1S/C21H9Cl3N6O9/c1-37-19(34)13-10(16(22)31)25-4-7(28-13)5-9(30-14(20(35)38-2)11(26-5)17(23)32)6-8(4)29-15(21(36)39-3)12(27-6)18(24)33/h1-3H3. The highest BCUT2D eigenvalue weighted by Crippen LogP contribution is 2.32. The van der Waals surface area contributed by atoms with Gasteiger partial charge in [0.1, 0.15) is 33.1 Å². The number of carbonyl (C=O) groups excluding carboxylic acids is 6. The quantitative estimate of drug-likeness (QED) is 0.135. The number of aromatic nitrogens is 6. The van der Waals surface area contributed by atoms with Crippen LogP contribution in [0.4, 0.5) is 0 Å². The molecule has 0 amide bonds. The molecular formula is C21H9Cl3N6O9. The zero-order chi connectivity index (χ0) is 28.8. The van der Waals surface area contributed by atoms with E-state index < -0.39 is 67.8 Å². The third-order valence-corrected chi connectivity index (χ3v) is 5.59. The molecule has 1 aromatic carbocycles. The Balaban J connectivity index is 2.39. The van der Waals surface area contributed by atoms with Crippen LogP contribution >= 0.6 is 34.8 Å². The number of fused-ring (bicyclic) bond motifs is 6. The van der Waals surface area contributed by atoms with E-state index in [2.05, 4.69) is 44.1 Å². The van der Waals surface area contributed by atoms with Crippen molar-refractivity contribution in [1.29, 1.82) is 0 Å². The summed E-state index contributed by atoms with van der Waals surface area (Å²) in [7, 11) is 3.00. The molecule has 0 aliphatic heterocycles. The Morgan fingerprint density at radius 1 is 0.410 bits per heavy atom. The Hall–Kier alpha value is -4.47. The molecule has 0 aliphatic rings. The maximum absolute atomic E-state index is 12.4. The Bertz CT molecular complexity index is 1590. The molecule has 3 heterocycles. The maximum Gasteiger partial charge on any atom is 0.359 e. The highest BCUT2D eigenvalue weighted by molar-refractivity contribution is 6.68. The van der Waals surface area contributed by atoms with Gasteiger partial charge in [0.2, 0.25) is 0 Å². The Labute approximate surface area is 229 Å². The van der Waals surface area contributed by atoms with Crippen LogP contribution in [0.1, 0.15) is 62.9 Å². The molecule has 18 heteroatoms. The van der Waals surface area contributed by atoms with Gasteiger partial charge in [-0.05, 0) is 34.8 Å². The zero-order valence-electron chi connectivity index (χ0n) is 19.5. The van der Waals surface area contributed by atoms with Crippen molar-refractivity contribution in [3.05, 3.63) is 34.2 Å². The lowest BCUT2D eigenvalue weighted by Gasteiger charge is -2.13. The number of hydrogen-bond acceptors (Lipinski definition) is 15. The molecule has 0 N–H and O–H groups in total. The molecule has 0 aliphatic carbocycles. The number of nitrogens with zero attached hydrogens (tertiary/aromatic N) is 6. The van der Waals surface area contributed by atoms with Gasteiger partial charge in [-0.1, -0.05) is 0 Å². The van der Waals surface area contributed by atoms with Gasteiger partial charge in [-0.3, -0.25) is 14.4 Å². The van der Waals surface area contributed by atoms with E-state index in [1.165, 1.54) is 0 Å². The molecule has 39 heavy (non-hydrogen) atoms. The van der Waals surface area contributed by atoms with E-state index >= 15 is 0 Å². The number of rotatable bonds is 6. The SMILES string of the molecule is COC(=O)c1nc2c(nc1C(=O)Cl)c1nc(C(=O)OC)c(C(=O)Cl)nc1c1nc(C(=O)OC)c(C(=O)Cl)nc21. The molecule has 0 spiro atoms. The minimum Gasteiger partial charge on any atom is -0.464 e. The van der Waals surface area contributed by atoms with Gasteiger partial charge in [0.25, 0.3) is 15.7 Å². The minimum atomic E-state index is -1.23. The second kappa shape index (κ2) is 10.4. The summed E-state index contributed by atoms with van der Waals surface area (Å²) in [6.45, 7) is 0. The lowest BCUT2D eigenvalue weighted by Crippen LogP contribution is -2.17. The fourth-order valence-electron chi connectivity index (χ4n) is 3.42. The molecule has 0 atom stereocenters. The molecule has 0 radical (unpaired) electrons. The first-order valence-electron chi connectivity index (χ1n) is 10.1. The molecule has 15 nitrogen and oxygen atoms in total. The Morgan fingerprint density at radius 3 is 0.744 bits per heavy atom. The summed E-state index contributed by atoms with van der Waals surface area (Å²) in [5, 5.41) is -3.68. The number of methoxy groups -OCH3 is 3. The summed E-state index contributed by atoms with van der Waals surface area (Å²) in [6, 6.07) is 0. The average molecular weight is 596 g/mol. The molecule has 0 unspecified atom stereocenters. The van der Waals surface area contributed by atoms with Gasteiger partial charge in [-0.25, -0.2) is 44.3 Å². The predicted molar refractivity (Wildman–Crippen MR) is 130 cm³/mol. The number of esters is 3. The predicted octanol–water partition coefficient (Wildman–Crippen LogP) is 2.01. The van der Waals surface area contributed by atoms with E-state index in [1.807, 2.05) is 0 Å². The monoisotopic (exact) mass is 594 g/mol. The summed E-state index contributed by atoms with van der Waals surface area (Å²) < 4.78 is 13.9. The minimum absolute atomic E-state index is 0.335. The van der Waals surface area contributed by atoms with Crippen LogP contribution in [0.25, 0.3) is 33.1 Å². The summed E-state index contributed by atoms with van der Waals surface area (Å²) in [5.41, 5.74) is -6.02. The van der Waals surface area contributed by atoms with Crippen molar-refractivity contribution in [1.82, 2.24) is 29.9 Å². The van der Waals surface area contributed by atoms with Gasteiger partial charge >= 0.3 is 17.9 Å². The van der Waals surface area contributed by atoms with Crippen LogP contribution in [0.15, 0.2) is 0 Å². The van der Waals surface area contributed by atoms with Crippen LogP contribution in [-0.4, -0.2) is 84.9 Å². The van der Waals surface area contributed by atoms with Gasteiger partial charge in [0.15, 0.2) is 34.2 Å². The molecule has 4 aromatic rings. The normalized spacial score (nSPS) is 10.9. The number of ether oxygens (including phenoxy) is 3. The third-order valence-electron chi connectivity index (χ3n) is 5.06. The molecule has 0 bridgehead atoms. The highest BCUT2D eigenvalue weighted by atomic mass is 35.5. The van der Waals surface area contributed by atoms with E-state index in [-0.39, 0.29) is 33.1 Å². The first kappa shape index (κ1) is 27.6. The van der Waals surface area contributed by atoms with Crippen LogP contribution in [-0.2, 0) is 14.2 Å². The van der Waals surface area contributed by atoms with Gasteiger partial charge in [-0.15, -0.1) is 0 Å². The van der Waals surface area contributed by atoms with Crippen LogP contribution in [0, 0.1) is 0 Å². The van der Waals surface area contributed by atoms with Crippen molar-refractivity contribution in [3.63, 3.8) is 0 Å². The second-order valence-corrected chi connectivity index (χ2v) is 8.18. The molecule has 198 valence electrons. The number of hydrogen-bond donors (Lipinski definition) is 0. The van der Waals surface area contributed by atoms with Gasteiger partial charge in [0, 0.05) is 0 Å². The molecule has 0 fully saturated rings. The Morgan fingerprint density at radius 2 is 0.590 bits per heavy atom. The average Bonchev–Trinajstić information content (AvgIpc) is 2.93. The first-order valence-corrected chi connectivity index (χ1v) is 11.2. The number of halogens is 3. The van der Waals surface area contributed by atoms with Crippen molar-refractivity contribution in [2.75, 3.05) is 21.3 Å². The smallest absolute Gasteiger partial charge is 0.359 e. The van der Waals surface area contributed by atoms with Crippen LogP contribution in [0.3, 0.4) is 0 Å². The highest BCUT2D eigenvalue weighted by Gasteiger charge is 2.30. The fraction of sp³-hybridized carbons (Fsp3) is 0.143. The van der Waals surface area contributed by atoms with Crippen molar-refractivity contribution >= 4 is 102 Å². The van der Waals surface area contributed by atoms with E-state index in [1.54, 1.807) is 0 Å². The van der Waals surface area contributed by atoms with Gasteiger partial charge in [-0.2, -0.15) is 0 Å². The van der Waals surface area contributed by atoms with Crippen molar-refractivity contribution in [2.45, 2.75) is 0 Å². The third kappa shape index (κ3) is 4.56. The molecule has 0 saturated heterocycles. The van der Waals surface area contributed by atoms with E-state index in [9.17, 15) is 28.8 Å². The first-order chi connectivity index (χ1) is 18.4. The van der Waals surface area contributed by atoms with E-state index in [0.29, 0.717) is 0 Å². The van der Waals surface area contributed by atoms with Crippen LogP contribution < -0.4 is 0 Å². The largest absolute Gasteiger partial charge is 0.464 e. The van der Waals surface area contributed by atoms with Crippen molar-refractivity contribution in [2.24, 2.45) is 0 Å². The summed E-state index contributed by atoms with van der Waals surface area (Å²) in [5.74, 6) is -3.38. The zero-order valence-corrected chi connectivity index (χ0v) is 21.8. The van der Waals surface area contributed by atoms with Gasteiger partial charge in [0.05, 0.1) is 21.3 Å². The summed E-state index contributed by atoms with van der Waals surface area (Å²) in [6.07, 6.45) is 0. The topological polar surface area (TPSA) is 207 Å². The number of carbonyl (C=O) groups is 6. The Kier molecular flexibility index (Phi) is 7.32. The van der Waals surface area contributed by atoms with E-state index in [0.717, 1.165) is 21.3 Å². The number of benzene rings is 1. The van der Waals surface area contributed by atoms with Crippen LogP contribution in [0.2, 0.25) is 0 Å². The lowest BCUT2D eigenvalue weighted by molar-refractivity contribution is 0.0583. The molecule has 4 rings (SSSR count). The maximum atomic E-state index is 12.4. The summed E-state index contributed by atoms with van der Waals surface area (Å²) in [4.78, 5) is 98.1.